The average molecular weight is 281 g/mol. The second kappa shape index (κ2) is 4.63. The minimum Gasteiger partial charge on any atom is -0.398 e. The number of rotatable bonds is 2. The fraction of sp³-hybridized carbons (Fsp3) is 0.125. The van der Waals surface area contributed by atoms with E-state index >= 15 is 0 Å². The molecule has 0 saturated heterocycles. The Morgan fingerprint density at radius 3 is 2.19 bits per heavy atom. The highest BCUT2D eigenvalue weighted by atomic mass is 16.2. The number of amides is 2. The summed E-state index contributed by atoms with van der Waals surface area (Å²) < 4.78 is 0. The monoisotopic (exact) mass is 281 g/mol. The maximum absolute atomic E-state index is 12.5. The van der Waals surface area contributed by atoms with E-state index in [1.807, 2.05) is 31.1 Å². The third-order valence-electron chi connectivity index (χ3n) is 3.57. The molecule has 1 aliphatic heterocycles. The maximum atomic E-state index is 12.5. The van der Waals surface area contributed by atoms with Gasteiger partial charge in [-0.1, -0.05) is 6.07 Å². The Labute approximate surface area is 122 Å². The molecule has 5 nitrogen and oxygen atoms in total. The summed E-state index contributed by atoms with van der Waals surface area (Å²) in [6.45, 7) is 0. The van der Waals surface area contributed by atoms with Gasteiger partial charge in [-0.25, -0.2) is 4.90 Å². The first-order valence-corrected chi connectivity index (χ1v) is 6.55. The normalized spacial score (nSPS) is 13.5. The lowest BCUT2D eigenvalue weighted by atomic mass is 10.1. The molecule has 21 heavy (non-hydrogen) atoms. The van der Waals surface area contributed by atoms with Crippen molar-refractivity contribution in [3.05, 3.63) is 53.6 Å². The summed E-state index contributed by atoms with van der Waals surface area (Å²) in [7, 11) is 3.86. The molecule has 106 valence electrons. The van der Waals surface area contributed by atoms with E-state index in [2.05, 4.69) is 0 Å². The topological polar surface area (TPSA) is 66.6 Å². The summed E-state index contributed by atoms with van der Waals surface area (Å²) >= 11 is 0. The molecule has 0 unspecified atom stereocenters. The number of carbonyl (C=O) groups excluding carboxylic acids is 2. The predicted octanol–water partition coefficient (Wildman–Crippen LogP) is 2.14. The van der Waals surface area contributed by atoms with Crippen LogP contribution in [0.25, 0.3) is 0 Å². The molecule has 0 radical (unpaired) electrons. The predicted molar refractivity (Wildman–Crippen MR) is 82.8 cm³/mol. The van der Waals surface area contributed by atoms with E-state index < -0.39 is 0 Å². The highest BCUT2D eigenvalue weighted by Crippen LogP contribution is 2.32. The molecule has 1 aliphatic rings. The Bertz CT molecular complexity index is 736. The van der Waals surface area contributed by atoms with Crippen LogP contribution in [0.1, 0.15) is 20.7 Å². The van der Waals surface area contributed by atoms with Crippen molar-refractivity contribution >= 4 is 28.9 Å². The molecule has 0 aromatic heterocycles. The van der Waals surface area contributed by atoms with Gasteiger partial charge in [-0.2, -0.15) is 0 Å². The Kier molecular flexibility index (Phi) is 2.90. The van der Waals surface area contributed by atoms with E-state index in [0.29, 0.717) is 22.5 Å². The van der Waals surface area contributed by atoms with Crippen molar-refractivity contribution in [2.45, 2.75) is 0 Å². The first-order valence-electron chi connectivity index (χ1n) is 6.55. The number of anilines is 3. The quantitative estimate of drug-likeness (QED) is 0.676. The van der Waals surface area contributed by atoms with Crippen molar-refractivity contribution in [2.24, 2.45) is 0 Å². The number of fused-ring (bicyclic) bond motifs is 1. The Morgan fingerprint density at radius 2 is 1.62 bits per heavy atom. The number of nitrogen functional groups attached to an aromatic ring is 1. The fourth-order valence-electron chi connectivity index (χ4n) is 2.45. The molecule has 0 saturated carbocycles. The molecule has 1 heterocycles. The zero-order valence-corrected chi connectivity index (χ0v) is 11.8. The van der Waals surface area contributed by atoms with Gasteiger partial charge in [-0.15, -0.1) is 0 Å². The highest BCUT2D eigenvalue weighted by Gasteiger charge is 2.37. The van der Waals surface area contributed by atoms with Crippen LogP contribution in [0, 0.1) is 0 Å². The van der Waals surface area contributed by atoms with E-state index in [-0.39, 0.29) is 11.8 Å². The number of nitrogens with two attached hydrogens (primary N) is 1. The van der Waals surface area contributed by atoms with E-state index in [1.165, 1.54) is 4.90 Å². The molecule has 2 aromatic rings. The van der Waals surface area contributed by atoms with E-state index in [9.17, 15) is 9.59 Å². The van der Waals surface area contributed by atoms with Gasteiger partial charge in [0, 0.05) is 25.5 Å². The highest BCUT2D eigenvalue weighted by molar-refractivity contribution is 6.35. The first kappa shape index (κ1) is 13.2. The smallest absolute Gasteiger partial charge is 0.268 e. The van der Waals surface area contributed by atoms with Crippen molar-refractivity contribution in [3.63, 3.8) is 0 Å². The lowest BCUT2D eigenvalue weighted by Gasteiger charge is -2.17. The average Bonchev–Trinajstić information content (AvgIpc) is 2.72. The maximum Gasteiger partial charge on any atom is 0.268 e. The largest absolute Gasteiger partial charge is 0.398 e. The van der Waals surface area contributed by atoms with Crippen LogP contribution >= 0.6 is 0 Å². The van der Waals surface area contributed by atoms with Crippen molar-refractivity contribution in [1.29, 1.82) is 0 Å². The van der Waals surface area contributed by atoms with Crippen molar-refractivity contribution in [2.75, 3.05) is 29.6 Å². The third-order valence-corrected chi connectivity index (χ3v) is 3.57. The van der Waals surface area contributed by atoms with Crippen molar-refractivity contribution in [1.82, 2.24) is 0 Å². The fourth-order valence-corrected chi connectivity index (χ4v) is 2.45. The number of nitrogens with zero attached hydrogens (tertiary/aromatic N) is 2. The standard InChI is InChI=1S/C16H15N3O2/c1-18(2)10-6-8-11(9-7-10)19-15(20)12-4-3-5-13(17)14(12)16(19)21/h3-9H,17H2,1-2H3. The molecule has 0 aliphatic carbocycles. The molecular weight excluding hydrogens is 266 g/mol. The minimum absolute atomic E-state index is 0.291. The number of benzene rings is 2. The molecule has 0 bridgehead atoms. The number of hydrogen-bond donors (Lipinski definition) is 1. The first-order chi connectivity index (χ1) is 10.0. The summed E-state index contributed by atoms with van der Waals surface area (Å²) in [4.78, 5) is 28.0. The van der Waals surface area contributed by atoms with Crippen LogP contribution < -0.4 is 15.5 Å². The summed E-state index contributed by atoms with van der Waals surface area (Å²) in [6, 6.07) is 12.2. The van der Waals surface area contributed by atoms with Gasteiger partial charge in [0.1, 0.15) is 0 Å². The zero-order valence-electron chi connectivity index (χ0n) is 11.8. The van der Waals surface area contributed by atoms with Crippen LogP contribution in [0.3, 0.4) is 0 Å². The molecule has 2 amide bonds. The third kappa shape index (κ3) is 1.94. The number of imide groups is 1. The Hall–Kier alpha value is -2.82. The van der Waals surface area contributed by atoms with Gasteiger partial charge in [0.2, 0.25) is 0 Å². The SMILES string of the molecule is CN(C)c1ccc(N2C(=O)c3cccc(N)c3C2=O)cc1. The van der Waals surface area contributed by atoms with Crippen LogP contribution in [0.5, 0.6) is 0 Å². The van der Waals surface area contributed by atoms with Crippen LogP contribution in [0.2, 0.25) is 0 Å². The van der Waals surface area contributed by atoms with Gasteiger partial charge in [-0.05, 0) is 36.4 Å². The van der Waals surface area contributed by atoms with Gasteiger partial charge >= 0.3 is 0 Å². The van der Waals surface area contributed by atoms with Gasteiger partial charge in [0.05, 0.1) is 16.8 Å². The lowest BCUT2D eigenvalue weighted by Crippen LogP contribution is -2.29. The van der Waals surface area contributed by atoms with Gasteiger partial charge in [0.25, 0.3) is 11.8 Å². The molecule has 2 N–H and O–H groups in total. The summed E-state index contributed by atoms with van der Waals surface area (Å²) in [5.41, 5.74) is 8.35. The van der Waals surface area contributed by atoms with Crippen LogP contribution in [0.15, 0.2) is 42.5 Å². The minimum atomic E-state index is -0.370. The second-order valence-corrected chi connectivity index (χ2v) is 5.13. The van der Waals surface area contributed by atoms with Crippen LogP contribution in [0.4, 0.5) is 17.1 Å². The zero-order chi connectivity index (χ0) is 15.1. The molecule has 0 spiro atoms. The van der Waals surface area contributed by atoms with Crippen molar-refractivity contribution < 1.29 is 9.59 Å². The van der Waals surface area contributed by atoms with Gasteiger partial charge in [-0.3, -0.25) is 9.59 Å². The van der Waals surface area contributed by atoms with Crippen LogP contribution in [-0.4, -0.2) is 25.9 Å². The Morgan fingerprint density at radius 1 is 0.952 bits per heavy atom. The van der Waals surface area contributed by atoms with Gasteiger partial charge < -0.3 is 10.6 Å². The second-order valence-electron chi connectivity index (χ2n) is 5.13. The van der Waals surface area contributed by atoms with E-state index in [4.69, 9.17) is 5.73 Å². The van der Waals surface area contributed by atoms with Crippen LogP contribution in [-0.2, 0) is 0 Å². The summed E-state index contributed by atoms with van der Waals surface area (Å²) in [5, 5.41) is 0. The van der Waals surface area contributed by atoms with Gasteiger partial charge in [0.15, 0.2) is 0 Å². The summed E-state index contributed by atoms with van der Waals surface area (Å²) in [5.74, 6) is -0.703. The number of carbonyl (C=O) groups is 2. The lowest BCUT2D eigenvalue weighted by molar-refractivity contribution is 0.0926. The van der Waals surface area contributed by atoms with E-state index in [1.54, 1.807) is 30.3 Å². The molecule has 0 fully saturated rings. The molecule has 3 rings (SSSR count). The summed E-state index contributed by atoms with van der Waals surface area (Å²) in [6.07, 6.45) is 0. The molecule has 2 aromatic carbocycles. The van der Waals surface area contributed by atoms with Crippen molar-refractivity contribution in [3.8, 4) is 0 Å². The molecule has 0 atom stereocenters. The molecule has 5 heteroatoms. The number of hydrogen-bond acceptors (Lipinski definition) is 4. The Balaban J connectivity index is 2.04. The molecular formula is C16H15N3O2. The van der Waals surface area contributed by atoms with E-state index in [0.717, 1.165) is 5.69 Å².